The van der Waals surface area contributed by atoms with Crippen molar-refractivity contribution in [1.82, 2.24) is 4.90 Å². The molecule has 0 aromatic rings. The summed E-state index contributed by atoms with van der Waals surface area (Å²) < 4.78 is 0. The monoisotopic (exact) mass is 295 g/mol. The number of carboxylic acid groups (broad SMARTS) is 1. The van der Waals surface area contributed by atoms with E-state index in [1.807, 2.05) is 0 Å². The van der Waals surface area contributed by atoms with Crippen LogP contribution in [0.5, 0.6) is 0 Å². The molecule has 2 atom stereocenters. The van der Waals surface area contributed by atoms with Crippen LogP contribution in [0.4, 0.5) is 0 Å². The van der Waals surface area contributed by atoms with Crippen molar-refractivity contribution in [1.29, 1.82) is 0 Å². The summed E-state index contributed by atoms with van der Waals surface area (Å²) in [5.74, 6) is 0.813. The Morgan fingerprint density at radius 2 is 1.71 bits per heavy atom. The van der Waals surface area contributed by atoms with E-state index < -0.39 is 5.97 Å². The lowest BCUT2D eigenvalue weighted by Gasteiger charge is -2.48. The second kappa shape index (κ2) is 7.13. The maximum atomic E-state index is 10.7. The van der Waals surface area contributed by atoms with Crippen LogP contribution >= 0.6 is 0 Å². The Kier molecular flexibility index (Phi) is 5.70. The highest BCUT2D eigenvalue weighted by Crippen LogP contribution is 2.41. The second-order valence-corrected chi connectivity index (χ2v) is 8.24. The van der Waals surface area contributed by atoms with Gasteiger partial charge in [-0.25, -0.2) is 0 Å². The van der Waals surface area contributed by atoms with Crippen molar-refractivity contribution < 1.29 is 9.90 Å². The van der Waals surface area contributed by atoms with Gasteiger partial charge >= 0.3 is 5.97 Å². The van der Waals surface area contributed by atoms with Crippen LogP contribution in [0.15, 0.2) is 0 Å². The molecular weight excluding hydrogens is 262 g/mol. The van der Waals surface area contributed by atoms with Gasteiger partial charge in [-0.1, -0.05) is 33.6 Å². The van der Waals surface area contributed by atoms with E-state index in [-0.39, 0.29) is 0 Å². The van der Waals surface area contributed by atoms with Crippen LogP contribution in [-0.4, -0.2) is 35.1 Å². The molecule has 1 aliphatic carbocycles. The molecule has 21 heavy (non-hydrogen) atoms. The fraction of sp³-hybridized carbons (Fsp3) is 0.944. The summed E-state index contributed by atoms with van der Waals surface area (Å²) in [6, 6.07) is 0.763. The van der Waals surface area contributed by atoms with Gasteiger partial charge in [0.15, 0.2) is 0 Å². The fourth-order valence-electron chi connectivity index (χ4n) is 4.46. The number of nitrogens with zero attached hydrogens (tertiary/aromatic N) is 1. The largest absolute Gasteiger partial charge is 0.481 e. The minimum atomic E-state index is -0.641. The van der Waals surface area contributed by atoms with Crippen molar-refractivity contribution >= 4 is 5.97 Å². The normalized spacial score (nSPS) is 29.5. The maximum absolute atomic E-state index is 10.7. The van der Waals surface area contributed by atoms with Crippen LogP contribution in [0.2, 0.25) is 0 Å². The van der Waals surface area contributed by atoms with Gasteiger partial charge in [-0.05, 0) is 62.4 Å². The molecule has 3 nitrogen and oxygen atoms in total. The van der Waals surface area contributed by atoms with E-state index in [0.717, 1.165) is 18.4 Å². The minimum Gasteiger partial charge on any atom is -0.481 e. The molecule has 1 aliphatic heterocycles. The summed E-state index contributed by atoms with van der Waals surface area (Å²) in [4.78, 5) is 13.4. The highest BCUT2D eigenvalue weighted by atomic mass is 16.4. The first-order valence-electron chi connectivity index (χ1n) is 8.84. The topological polar surface area (TPSA) is 40.5 Å². The van der Waals surface area contributed by atoms with E-state index >= 15 is 0 Å². The van der Waals surface area contributed by atoms with Crippen LogP contribution in [-0.2, 0) is 4.79 Å². The molecule has 1 heterocycles. The average molecular weight is 295 g/mol. The third-order valence-corrected chi connectivity index (χ3v) is 5.73. The van der Waals surface area contributed by atoms with Crippen molar-refractivity contribution in [3.8, 4) is 0 Å². The number of likely N-dealkylation sites (tertiary alicyclic amines) is 1. The maximum Gasteiger partial charge on any atom is 0.303 e. The first-order valence-corrected chi connectivity index (χ1v) is 8.84. The summed E-state index contributed by atoms with van der Waals surface area (Å²) in [6.45, 7) is 9.56. The first kappa shape index (κ1) is 16.8. The van der Waals surface area contributed by atoms with Gasteiger partial charge in [-0.15, -0.1) is 0 Å². The van der Waals surface area contributed by atoms with Crippen molar-refractivity contribution in [2.75, 3.05) is 13.1 Å². The van der Waals surface area contributed by atoms with Gasteiger partial charge in [0.2, 0.25) is 0 Å². The number of aliphatic carboxylic acids is 1. The lowest BCUT2D eigenvalue weighted by molar-refractivity contribution is -0.137. The molecule has 1 saturated heterocycles. The van der Waals surface area contributed by atoms with Crippen LogP contribution in [0, 0.1) is 17.3 Å². The number of hydrogen-bond acceptors (Lipinski definition) is 2. The summed E-state index contributed by atoms with van der Waals surface area (Å²) in [7, 11) is 0. The zero-order valence-electron chi connectivity index (χ0n) is 14.1. The van der Waals surface area contributed by atoms with E-state index in [1.54, 1.807) is 0 Å². The van der Waals surface area contributed by atoms with Gasteiger partial charge in [0.25, 0.3) is 0 Å². The number of rotatable bonds is 4. The first-order chi connectivity index (χ1) is 9.88. The third-order valence-electron chi connectivity index (χ3n) is 5.73. The molecule has 2 rings (SSSR count). The molecule has 0 aromatic carbocycles. The van der Waals surface area contributed by atoms with Crippen LogP contribution in [0.3, 0.4) is 0 Å². The highest BCUT2D eigenvalue weighted by Gasteiger charge is 2.38. The molecule has 122 valence electrons. The Balaban J connectivity index is 1.86. The van der Waals surface area contributed by atoms with Crippen LogP contribution in [0.25, 0.3) is 0 Å². The summed E-state index contributed by atoms with van der Waals surface area (Å²) in [5.41, 5.74) is 0.408. The van der Waals surface area contributed by atoms with E-state index in [0.29, 0.717) is 17.8 Å². The lowest BCUT2D eigenvalue weighted by Crippen LogP contribution is -2.49. The van der Waals surface area contributed by atoms with Crippen LogP contribution in [0.1, 0.15) is 72.1 Å². The van der Waals surface area contributed by atoms with E-state index in [4.69, 9.17) is 5.11 Å². The zero-order chi connectivity index (χ0) is 15.5. The smallest absolute Gasteiger partial charge is 0.303 e. The minimum absolute atomic E-state index is 0.346. The number of piperidine rings is 1. The van der Waals surface area contributed by atoms with Crippen molar-refractivity contribution in [2.45, 2.75) is 78.2 Å². The van der Waals surface area contributed by atoms with Gasteiger partial charge in [0.1, 0.15) is 0 Å². The molecular formula is C18H33NO2. The molecule has 0 spiro atoms. The van der Waals surface area contributed by atoms with Crippen LogP contribution < -0.4 is 0 Å². The molecule has 0 radical (unpaired) electrons. The number of carboxylic acids is 1. The fourth-order valence-corrected chi connectivity index (χ4v) is 4.46. The Labute approximate surface area is 130 Å². The molecule has 0 bridgehead atoms. The second-order valence-electron chi connectivity index (χ2n) is 8.24. The Hall–Kier alpha value is -0.570. The molecule has 2 unspecified atom stereocenters. The van der Waals surface area contributed by atoms with Gasteiger partial charge in [0.05, 0.1) is 0 Å². The van der Waals surface area contributed by atoms with Crippen molar-refractivity contribution in [3.63, 3.8) is 0 Å². The SMILES string of the molecule is CC(C)(C)C1CCCCC1N1CCC(CCC(=O)O)CC1. The Morgan fingerprint density at radius 1 is 1.10 bits per heavy atom. The van der Waals surface area contributed by atoms with E-state index in [2.05, 4.69) is 25.7 Å². The standard InChI is InChI=1S/C18H33NO2/c1-18(2,3)15-6-4-5-7-16(15)19-12-10-14(11-13-19)8-9-17(20)21/h14-16H,4-13H2,1-3H3,(H,20,21). The third kappa shape index (κ3) is 4.70. The molecule has 3 heteroatoms. The van der Waals surface area contributed by atoms with E-state index in [9.17, 15) is 4.79 Å². The highest BCUT2D eigenvalue weighted by molar-refractivity contribution is 5.66. The lowest BCUT2D eigenvalue weighted by atomic mass is 9.68. The molecule has 2 fully saturated rings. The van der Waals surface area contributed by atoms with Crippen molar-refractivity contribution in [2.24, 2.45) is 17.3 Å². The number of hydrogen-bond donors (Lipinski definition) is 1. The molecule has 0 aromatic heterocycles. The van der Waals surface area contributed by atoms with E-state index in [1.165, 1.54) is 51.6 Å². The molecule has 1 N–H and O–H groups in total. The van der Waals surface area contributed by atoms with Crippen molar-refractivity contribution in [3.05, 3.63) is 0 Å². The van der Waals surface area contributed by atoms with Gasteiger partial charge in [-0.2, -0.15) is 0 Å². The Morgan fingerprint density at radius 3 is 2.29 bits per heavy atom. The predicted octanol–water partition coefficient (Wildman–Crippen LogP) is 4.17. The zero-order valence-corrected chi connectivity index (χ0v) is 14.1. The number of carbonyl (C=O) groups is 1. The van der Waals surface area contributed by atoms with Gasteiger partial charge in [-0.3, -0.25) is 4.79 Å². The van der Waals surface area contributed by atoms with Gasteiger partial charge < -0.3 is 10.0 Å². The average Bonchev–Trinajstić information content (AvgIpc) is 2.45. The molecule has 2 aliphatic rings. The quantitative estimate of drug-likeness (QED) is 0.846. The predicted molar refractivity (Wildman–Crippen MR) is 86.4 cm³/mol. The Bertz CT molecular complexity index is 340. The summed E-state index contributed by atoms with van der Waals surface area (Å²) in [6.07, 6.45) is 9.13. The summed E-state index contributed by atoms with van der Waals surface area (Å²) >= 11 is 0. The molecule has 0 amide bonds. The van der Waals surface area contributed by atoms with Gasteiger partial charge in [0, 0.05) is 12.5 Å². The summed E-state index contributed by atoms with van der Waals surface area (Å²) in [5, 5.41) is 8.81. The molecule has 1 saturated carbocycles.